The zero-order valence-corrected chi connectivity index (χ0v) is 21.5. The van der Waals surface area contributed by atoms with Crippen LogP contribution in [-0.4, -0.2) is 74.8 Å². The van der Waals surface area contributed by atoms with Crippen molar-refractivity contribution >= 4 is 53.2 Å². The number of para-hydroxylation sites is 1. The maximum Gasteiger partial charge on any atom is 0.326 e. The van der Waals surface area contributed by atoms with Crippen LogP contribution < -0.4 is 21.7 Å². The zero-order chi connectivity index (χ0) is 27.7. The lowest BCUT2D eigenvalue weighted by Crippen LogP contribution is -2.58. The molecule has 4 unspecified atom stereocenters. The highest BCUT2D eigenvalue weighted by Gasteiger charge is 2.32. The summed E-state index contributed by atoms with van der Waals surface area (Å²) in [4.78, 5) is 64.5. The molecule has 37 heavy (non-hydrogen) atoms. The number of aliphatic carboxylic acids is 2. The second kappa shape index (κ2) is 13.7. The largest absolute Gasteiger partial charge is 0.481 e. The number of carbonyl (C=O) groups excluding carboxylic acids is 3. The van der Waals surface area contributed by atoms with Gasteiger partial charge in [0.2, 0.25) is 17.7 Å². The number of carboxylic acid groups (broad SMARTS) is 2. The number of carboxylic acids is 2. The standard InChI is InChI=1S/C24H33N5O7S/c1-12(2)20(24(35)36)29-23(34)18(9-13-10-26-16-6-4-3-5-14(13)16)28-22(33)17(7-8-19(30)31)27-21(32)15(25)11-37/h3-6,10,12,15,17-18,20,26,37H,7-9,11,25H2,1-2H3,(H,27,32)(H,28,33)(H,29,34)(H,30,31)(H,35,36). The van der Waals surface area contributed by atoms with Crippen molar-refractivity contribution < 1.29 is 34.2 Å². The van der Waals surface area contributed by atoms with Gasteiger partial charge in [-0.25, -0.2) is 4.79 Å². The van der Waals surface area contributed by atoms with Gasteiger partial charge < -0.3 is 36.9 Å². The third-order valence-electron chi connectivity index (χ3n) is 5.78. The number of hydrogen-bond donors (Lipinski definition) is 8. The third kappa shape index (κ3) is 8.50. The van der Waals surface area contributed by atoms with Gasteiger partial charge in [-0.1, -0.05) is 32.0 Å². The molecule has 2 aromatic rings. The van der Waals surface area contributed by atoms with Crippen molar-refractivity contribution in [1.29, 1.82) is 0 Å². The number of nitrogens with two attached hydrogens (primary N) is 1. The molecule has 8 N–H and O–H groups in total. The molecular weight excluding hydrogens is 502 g/mol. The van der Waals surface area contributed by atoms with Gasteiger partial charge in [0.1, 0.15) is 18.1 Å². The topological polar surface area (TPSA) is 204 Å². The molecule has 13 heteroatoms. The summed E-state index contributed by atoms with van der Waals surface area (Å²) in [6, 6.07) is 2.56. The lowest BCUT2D eigenvalue weighted by molar-refractivity contribution is -0.143. The van der Waals surface area contributed by atoms with Gasteiger partial charge in [-0.15, -0.1) is 0 Å². The molecule has 0 aliphatic rings. The summed E-state index contributed by atoms with van der Waals surface area (Å²) in [6.07, 6.45) is 1.00. The Morgan fingerprint density at radius 1 is 0.973 bits per heavy atom. The van der Waals surface area contributed by atoms with Crippen LogP contribution in [0.25, 0.3) is 10.9 Å². The van der Waals surface area contributed by atoms with Gasteiger partial charge in [0.15, 0.2) is 0 Å². The van der Waals surface area contributed by atoms with E-state index in [2.05, 4.69) is 33.6 Å². The predicted octanol–water partition coefficient (Wildman–Crippen LogP) is 0.0273. The van der Waals surface area contributed by atoms with E-state index in [1.165, 1.54) is 0 Å². The van der Waals surface area contributed by atoms with Crippen molar-refractivity contribution in [3.8, 4) is 0 Å². The number of carbonyl (C=O) groups is 5. The number of fused-ring (bicyclic) bond motifs is 1. The van der Waals surface area contributed by atoms with Crippen molar-refractivity contribution in [3.05, 3.63) is 36.0 Å². The molecule has 0 radical (unpaired) electrons. The maximum atomic E-state index is 13.2. The lowest BCUT2D eigenvalue weighted by Gasteiger charge is -2.26. The molecule has 1 aromatic carbocycles. The van der Waals surface area contributed by atoms with Gasteiger partial charge >= 0.3 is 11.9 Å². The predicted molar refractivity (Wildman–Crippen MR) is 139 cm³/mol. The molecule has 0 aliphatic carbocycles. The number of rotatable bonds is 14. The summed E-state index contributed by atoms with van der Waals surface area (Å²) >= 11 is 3.96. The van der Waals surface area contributed by atoms with Gasteiger partial charge in [0, 0.05) is 35.7 Å². The van der Waals surface area contributed by atoms with Crippen LogP contribution >= 0.6 is 12.6 Å². The highest BCUT2D eigenvalue weighted by molar-refractivity contribution is 7.80. The highest BCUT2D eigenvalue weighted by Crippen LogP contribution is 2.19. The summed E-state index contributed by atoms with van der Waals surface area (Å²) in [7, 11) is 0. The van der Waals surface area contributed by atoms with E-state index in [0.717, 1.165) is 10.9 Å². The van der Waals surface area contributed by atoms with Crippen molar-refractivity contribution in [3.63, 3.8) is 0 Å². The Balaban J connectivity index is 2.34. The summed E-state index contributed by atoms with van der Waals surface area (Å²) in [6.45, 7) is 3.27. The molecule has 0 spiro atoms. The summed E-state index contributed by atoms with van der Waals surface area (Å²) in [5.74, 6) is -5.10. The Morgan fingerprint density at radius 2 is 1.59 bits per heavy atom. The van der Waals surface area contributed by atoms with Gasteiger partial charge in [-0.05, 0) is 24.0 Å². The molecule has 0 saturated heterocycles. The first kappa shape index (κ1) is 29.6. The molecule has 4 atom stereocenters. The van der Waals surface area contributed by atoms with Crippen LogP contribution in [0.4, 0.5) is 0 Å². The number of amides is 3. The zero-order valence-electron chi connectivity index (χ0n) is 20.6. The quantitative estimate of drug-likeness (QED) is 0.155. The van der Waals surface area contributed by atoms with E-state index in [4.69, 9.17) is 10.8 Å². The number of aromatic amines is 1. The Bertz CT molecular complexity index is 1140. The SMILES string of the molecule is CC(C)C(NC(=O)C(Cc1c[nH]c2ccccc12)NC(=O)C(CCC(=O)O)NC(=O)C(N)CS)C(=O)O. The smallest absolute Gasteiger partial charge is 0.326 e. The summed E-state index contributed by atoms with van der Waals surface area (Å²) in [5.41, 5.74) is 7.16. The molecule has 1 heterocycles. The van der Waals surface area contributed by atoms with E-state index < -0.39 is 66.2 Å². The fraction of sp³-hybridized carbons (Fsp3) is 0.458. The van der Waals surface area contributed by atoms with Crippen LogP contribution in [0.3, 0.4) is 0 Å². The average Bonchev–Trinajstić information content (AvgIpc) is 3.25. The van der Waals surface area contributed by atoms with Gasteiger partial charge in [0.05, 0.1) is 6.04 Å². The van der Waals surface area contributed by atoms with Crippen LogP contribution in [0.1, 0.15) is 32.3 Å². The minimum atomic E-state index is -1.30. The molecule has 0 fully saturated rings. The van der Waals surface area contributed by atoms with Gasteiger partial charge in [-0.3, -0.25) is 19.2 Å². The summed E-state index contributed by atoms with van der Waals surface area (Å²) < 4.78 is 0. The number of hydrogen-bond acceptors (Lipinski definition) is 7. The van der Waals surface area contributed by atoms with E-state index in [0.29, 0.717) is 5.56 Å². The fourth-order valence-electron chi connectivity index (χ4n) is 3.67. The molecule has 202 valence electrons. The minimum Gasteiger partial charge on any atom is -0.481 e. The van der Waals surface area contributed by atoms with E-state index in [-0.39, 0.29) is 18.6 Å². The van der Waals surface area contributed by atoms with Crippen LogP contribution in [-0.2, 0) is 30.4 Å². The Kier molecular flexibility index (Phi) is 10.9. The first-order chi connectivity index (χ1) is 17.4. The molecule has 0 aliphatic heterocycles. The van der Waals surface area contributed by atoms with E-state index >= 15 is 0 Å². The van der Waals surface area contributed by atoms with Crippen LogP contribution in [0, 0.1) is 5.92 Å². The fourth-order valence-corrected chi connectivity index (χ4v) is 3.83. The monoisotopic (exact) mass is 535 g/mol. The number of aromatic nitrogens is 1. The average molecular weight is 536 g/mol. The molecule has 0 saturated carbocycles. The Labute approximate surface area is 219 Å². The maximum absolute atomic E-state index is 13.2. The first-order valence-corrected chi connectivity index (χ1v) is 12.3. The highest BCUT2D eigenvalue weighted by atomic mass is 32.1. The number of H-pyrrole nitrogens is 1. The second-order valence-electron chi connectivity index (χ2n) is 8.98. The second-order valence-corrected chi connectivity index (χ2v) is 9.34. The van der Waals surface area contributed by atoms with Crippen LogP contribution in [0.5, 0.6) is 0 Å². The number of nitrogens with one attached hydrogen (secondary N) is 4. The van der Waals surface area contributed by atoms with Crippen LogP contribution in [0.2, 0.25) is 0 Å². The lowest BCUT2D eigenvalue weighted by atomic mass is 10.0. The molecule has 12 nitrogen and oxygen atoms in total. The minimum absolute atomic E-state index is 0.00176. The first-order valence-electron chi connectivity index (χ1n) is 11.7. The molecule has 3 amide bonds. The Hall–Kier alpha value is -3.58. The van der Waals surface area contributed by atoms with Gasteiger partial charge in [0.25, 0.3) is 0 Å². The van der Waals surface area contributed by atoms with E-state index in [1.54, 1.807) is 20.0 Å². The van der Waals surface area contributed by atoms with Gasteiger partial charge in [-0.2, -0.15) is 12.6 Å². The van der Waals surface area contributed by atoms with Crippen molar-refractivity contribution in [2.24, 2.45) is 11.7 Å². The van der Waals surface area contributed by atoms with E-state index in [1.807, 2.05) is 24.3 Å². The van der Waals surface area contributed by atoms with Crippen molar-refractivity contribution in [1.82, 2.24) is 20.9 Å². The molecule has 2 rings (SSSR count). The Morgan fingerprint density at radius 3 is 2.19 bits per heavy atom. The number of benzene rings is 1. The molecular formula is C24H33N5O7S. The van der Waals surface area contributed by atoms with Crippen molar-refractivity contribution in [2.45, 2.75) is 57.3 Å². The summed E-state index contributed by atoms with van der Waals surface area (Å²) in [5, 5.41) is 26.8. The number of thiol groups is 1. The van der Waals surface area contributed by atoms with E-state index in [9.17, 15) is 29.1 Å². The third-order valence-corrected chi connectivity index (χ3v) is 6.17. The van der Waals surface area contributed by atoms with Crippen molar-refractivity contribution in [2.75, 3.05) is 5.75 Å². The molecule has 0 bridgehead atoms. The molecule has 1 aromatic heterocycles. The normalized spacial score (nSPS) is 14.4. The van der Waals surface area contributed by atoms with Crippen LogP contribution in [0.15, 0.2) is 30.5 Å².